The molecule has 3 rings (SSSR count). The van der Waals surface area contributed by atoms with Gasteiger partial charge in [-0.2, -0.15) is 0 Å². The van der Waals surface area contributed by atoms with E-state index in [2.05, 4.69) is 27.2 Å². The number of anilines is 1. The van der Waals surface area contributed by atoms with Gasteiger partial charge >= 0.3 is 0 Å². The molecule has 3 aromatic heterocycles. The molecule has 0 aromatic carbocycles. The van der Waals surface area contributed by atoms with E-state index < -0.39 is 0 Å². The number of carbonyl (C=O) groups excluding carboxylic acids is 1. The fraction of sp³-hybridized carbons (Fsp3) is 0.412. The van der Waals surface area contributed by atoms with Gasteiger partial charge in [0.1, 0.15) is 5.52 Å². The van der Waals surface area contributed by atoms with Crippen molar-refractivity contribution >= 4 is 34.4 Å². The molecule has 0 atom stereocenters. The molecule has 1 amide bonds. The van der Waals surface area contributed by atoms with Gasteiger partial charge in [0.15, 0.2) is 5.65 Å². The highest BCUT2D eigenvalue weighted by Gasteiger charge is 2.12. The van der Waals surface area contributed by atoms with E-state index in [0.29, 0.717) is 35.8 Å². The summed E-state index contributed by atoms with van der Waals surface area (Å²) in [5.74, 6) is 0.266. The van der Waals surface area contributed by atoms with Crippen molar-refractivity contribution in [3.63, 3.8) is 0 Å². The lowest BCUT2D eigenvalue weighted by Crippen LogP contribution is -2.24. The van der Waals surface area contributed by atoms with Crippen LogP contribution in [0.5, 0.6) is 0 Å². The van der Waals surface area contributed by atoms with Crippen LogP contribution in [0.3, 0.4) is 0 Å². The van der Waals surface area contributed by atoms with Crippen LogP contribution in [0.2, 0.25) is 0 Å². The van der Waals surface area contributed by atoms with Gasteiger partial charge in [-0.25, -0.2) is 15.0 Å². The SMILES string of the molecule is CCn1c(N)nc2cc(C(=O)NCCCc3nc(C)c(C)s3)cnc21. The van der Waals surface area contributed by atoms with E-state index in [9.17, 15) is 4.79 Å². The number of carbonyl (C=O) groups is 1. The van der Waals surface area contributed by atoms with Crippen LogP contribution < -0.4 is 11.1 Å². The molecule has 7 nitrogen and oxygen atoms in total. The zero-order chi connectivity index (χ0) is 18.0. The molecule has 0 unspecified atom stereocenters. The molecule has 0 fully saturated rings. The Morgan fingerprint density at radius 2 is 2.16 bits per heavy atom. The molecule has 132 valence electrons. The van der Waals surface area contributed by atoms with Gasteiger partial charge < -0.3 is 11.1 Å². The van der Waals surface area contributed by atoms with Crippen LogP contribution >= 0.6 is 11.3 Å². The third-order valence-electron chi connectivity index (χ3n) is 4.12. The van der Waals surface area contributed by atoms with Gasteiger partial charge in [0, 0.05) is 30.6 Å². The second kappa shape index (κ2) is 7.18. The van der Waals surface area contributed by atoms with Crippen LogP contribution in [-0.2, 0) is 13.0 Å². The number of nitrogens with zero attached hydrogens (tertiary/aromatic N) is 4. The highest BCUT2D eigenvalue weighted by atomic mass is 32.1. The number of aryl methyl sites for hydroxylation is 4. The number of aromatic nitrogens is 4. The lowest BCUT2D eigenvalue weighted by atomic mass is 10.2. The van der Waals surface area contributed by atoms with Gasteiger partial charge in [0.25, 0.3) is 5.91 Å². The number of pyridine rings is 1. The number of imidazole rings is 1. The Morgan fingerprint density at radius 3 is 2.84 bits per heavy atom. The summed E-state index contributed by atoms with van der Waals surface area (Å²) in [6.07, 6.45) is 3.29. The first-order valence-electron chi connectivity index (χ1n) is 8.32. The summed E-state index contributed by atoms with van der Waals surface area (Å²) < 4.78 is 1.81. The van der Waals surface area contributed by atoms with Crippen molar-refractivity contribution in [2.45, 2.75) is 40.2 Å². The first-order chi connectivity index (χ1) is 12.0. The maximum absolute atomic E-state index is 12.3. The number of thiazole rings is 1. The van der Waals surface area contributed by atoms with Gasteiger partial charge in [-0.05, 0) is 33.3 Å². The smallest absolute Gasteiger partial charge is 0.252 e. The largest absolute Gasteiger partial charge is 0.369 e. The Kier molecular flexibility index (Phi) is 4.98. The van der Waals surface area contributed by atoms with E-state index in [1.165, 1.54) is 4.88 Å². The molecule has 0 aliphatic carbocycles. The molecule has 3 N–H and O–H groups in total. The molecule has 25 heavy (non-hydrogen) atoms. The van der Waals surface area contributed by atoms with Crippen molar-refractivity contribution in [2.75, 3.05) is 12.3 Å². The number of amides is 1. The summed E-state index contributed by atoms with van der Waals surface area (Å²) in [6.45, 7) is 7.36. The second-order valence-electron chi connectivity index (χ2n) is 5.89. The van der Waals surface area contributed by atoms with Crippen LogP contribution in [-0.4, -0.2) is 32.0 Å². The van der Waals surface area contributed by atoms with E-state index in [4.69, 9.17) is 5.73 Å². The summed E-state index contributed by atoms with van der Waals surface area (Å²) in [7, 11) is 0. The highest BCUT2D eigenvalue weighted by molar-refractivity contribution is 7.11. The van der Waals surface area contributed by atoms with E-state index in [-0.39, 0.29) is 5.91 Å². The summed E-state index contributed by atoms with van der Waals surface area (Å²) in [5, 5.41) is 4.04. The molecule has 0 bridgehead atoms. The minimum atomic E-state index is -0.148. The van der Waals surface area contributed by atoms with Gasteiger partial charge in [-0.15, -0.1) is 11.3 Å². The van der Waals surface area contributed by atoms with Crippen molar-refractivity contribution in [3.05, 3.63) is 33.4 Å². The summed E-state index contributed by atoms with van der Waals surface area (Å²) in [4.78, 5) is 26.7. The lowest BCUT2D eigenvalue weighted by molar-refractivity contribution is 0.0953. The van der Waals surface area contributed by atoms with E-state index in [0.717, 1.165) is 23.5 Å². The average molecular weight is 358 g/mol. The van der Waals surface area contributed by atoms with Crippen molar-refractivity contribution < 1.29 is 4.79 Å². The first-order valence-corrected chi connectivity index (χ1v) is 9.14. The molecule has 3 aromatic rings. The summed E-state index contributed by atoms with van der Waals surface area (Å²) >= 11 is 1.72. The summed E-state index contributed by atoms with van der Waals surface area (Å²) in [5.41, 5.74) is 8.79. The van der Waals surface area contributed by atoms with E-state index >= 15 is 0 Å². The van der Waals surface area contributed by atoms with Crippen molar-refractivity contribution in [1.29, 1.82) is 0 Å². The molecule has 0 saturated carbocycles. The molecule has 0 saturated heterocycles. The molecular weight excluding hydrogens is 336 g/mol. The quantitative estimate of drug-likeness (QED) is 0.660. The molecule has 0 aliphatic rings. The topological polar surface area (TPSA) is 98.7 Å². The van der Waals surface area contributed by atoms with Crippen LogP contribution in [0.1, 0.15) is 39.3 Å². The van der Waals surface area contributed by atoms with E-state index in [1.54, 1.807) is 23.6 Å². The molecule has 3 heterocycles. The normalized spacial score (nSPS) is 11.2. The van der Waals surface area contributed by atoms with Gasteiger partial charge in [-0.1, -0.05) is 0 Å². The van der Waals surface area contributed by atoms with Crippen LogP contribution in [0, 0.1) is 13.8 Å². The number of nitrogens with two attached hydrogens (primary N) is 1. The van der Waals surface area contributed by atoms with Crippen LogP contribution in [0.15, 0.2) is 12.3 Å². The van der Waals surface area contributed by atoms with Crippen molar-refractivity contribution in [1.82, 2.24) is 24.8 Å². The van der Waals surface area contributed by atoms with E-state index in [1.807, 2.05) is 18.4 Å². The number of hydrogen-bond acceptors (Lipinski definition) is 6. The predicted octanol–water partition coefficient (Wildman–Crippen LogP) is 2.47. The van der Waals surface area contributed by atoms with Gasteiger partial charge in [0.2, 0.25) is 5.95 Å². The second-order valence-corrected chi connectivity index (χ2v) is 7.18. The third kappa shape index (κ3) is 3.63. The minimum absolute atomic E-state index is 0.148. The fourth-order valence-electron chi connectivity index (χ4n) is 2.65. The molecule has 0 aliphatic heterocycles. The van der Waals surface area contributed by atoms with Crippen molar-refractivity contribution in [3.8, 4) is 0 Å². The predicted molar refractivity (Wildman–Crippen MR) is 99.9 cm³/mol. The minimum Gasteiger partial charge on any atom is -0.369 e. The number of fused-ring (bicyclic) bond motifs is 1. The monoisotopic (exact) mass is 358 g/mol. The number of rotatable bonds is 6. The maximum atomic E-state index is 12.3. The standard InChI is InChI=1S/C17H22N6OS/c1-4-23-15-13(22-17(23)18)8-12(9-20-15)16(24)19-7-5-6-14-21-10(2)11(3)25-14/h8-9H,4-7H2,1-3H3,(H2,18,22)(H,19,24). The fourth-order valence-corrected chi connectivity index (χ4v) is 3.63. The molecule has 8 heteroatoms. The molecular formula is C17H22N6OS. The third-order valence-corrected chi connectivity index (χ3v) is 5.25. The Balaban J connectivity index is 1.58. The maximum Gasteiger partial charge on any atom is 0.252 e. The molecule has 0 radical (unpaired) electrons. The average Bonchev–Trinajstić information content (AvgIpc) is 3.08. The zero-order valence-corrected chi connectivity index (χ0v) is 15.5. The first kappa shape index (κ1) is 17.3. The Bertz CT molecular complexity index is 894. The highest BCUT2D eigenvalue weighted by Crippen LogP contribution is 2.18. The Morgan fingerprint density at radius 1 is 1.36 bits per heavy atom. The lowest BCUT2D eigenvalue weighted by Gasteiger charge is -2.05. The van der Waals surface area contributed by atoms with Crippen LogP contribution in [0.4, 0.5) is 5.95 Å². The van der Waals surface area contributed by atoms with Gasteiger partial charge in [-0.3, -0.25) is 9.36 Å². The zero-order valence-electron chi connectivity index (χ0n) is 14.7. The summed E-state index contributed by atoms with van der Waals surface area (Å²) in [6, 6.07) is 1.73. The number of nitrogen functional groups attached to an aromatic ring is 1. The Hall–Kier alpha value is -2.48. The number of nitrogens with one attached hydrogen (secondary N) is 1. The molecule has 0 spiro atoms. The van der Waals surface area contributed by atoms with Gasteiger partial charge in [0.05, 0.1) is 16.3 Å². The van der Waals surface area contributed by atoms with Crippen molar-refractivity contribution in [2.24, 2.45) is 0 Å². The Labute approximate surface area is 150 Å². The number of hydrogen-bond donors (Lipinski definition) is 2. The van der Waals surface area contributed by atoms with Crippen LogP contribution in [0.25, 0.3) is 11.2 Å².